The number of para-hydroxylation sites is 1. The molecule has 1 saturated heterocycles. The first kappa shape index (κ1) is 30.2. The molecule has 0 bridgehead atoms. The molecular formula is C29H24F3N5O7. The number of nitro benzene ring substituents is 1. The summed E-state index contributed by atoms with van der Waals surface area (Å²) in [7, 11) is 1.25. The van der Waals surface area contributed by atoms with E-state index < -0.39 is 34.5 Å². The summed E-state index contributed by atoms with van der Waals surface area (Å²) >= 11 is 0. The highest BCUT2D eigenvalue weighted by atomic mass is 19.4. The van der Waals surface area contributed by atoms with Gasteiger partial charge in [0.2, 0.25) is 5.75 Å². The number of nitrogens with zero attached hydrogens (tertiary/aromatic N) is 5. The quantitative estimate of drug-likeness (QED) is 0.165. The van der Waals surface area contributed by atoms with Crippen LogP contribution in [-0.2, 0) is 15.7 Å². The molecule has 0 spiro atoms. The van der Waals surface area contributed by atoms with Gasteiger partial charge in [-0.05, 0) is 30.3 Å². The van der Waals surface area contributed by atoms with E-state index in [0.29, 0.717) is 26.3 Å². The first-order valence-corrected chi connectivity index (χ1v) is 13.2. The Morgan fingerprint density at radius 3 is 2.59 bits per heavy atom. The van der Waals surface area contributed by atoms with E-state index >= 15 is 0 Å². The van der Waals surface area contributed by atoms with Crippen molar-refractivity contribution in [2.45, 2.75) is 6.18 Å². The van der Waals surface area contributed by atoms with E-state index in [-0.39, 0.29) is 45.3 Å². The fourth-order valence-corrected chi connectivity index (χ4v) is 4.53. The summed E-state index contributed by atoms with van der Waals surface area (Å²) in [6.07, 6.45) is -3.54. The second-order valence-electron chi connectivity index (χ2n) is 9.50. The summed E-state index contributed by atoms with van der Waals surface area (Å²) in [5.74, 6) is -0.942. The number of carbonyl (C=O) groups excluding carboxylic acids is 1. The van der Waals surface area contributed by atoms with Crippen LogP contribution in [-0.4, -0.2) is 71.6 Å². The van der Waals surface area contributed by atoms with Gasteiger partial charge >= 0.3 is 11.9 Å². The largest absolute Gasteiger partial charge is 0.493 e. The second-order valence-corrected chi connectivity index (χ2v) is 9.50. The number of methoxy groups -OCH3 is 1. The van der Waals surface area contributed by atoms with Crippen molar-refractivity contribution in [3.05, 3.63) is 92.3 Å². The molecule has 44 heavy (non-hydrogen) atoms. The number of halogens is 3. The minimum atomic E-state index is -4.65. The van der Waals surface area contributed by atoms with Crippen molar-refractivity contribution >= 4 is 28.7 Å². The Bertz CT molecular complexity index is 1820. The number of benzene rings is 3. The average molecular weight is 612 g/mol. The Balaban J connectivity index is 1.55. The number of hydrogen-bond donors (Lipinski definition) is 0. The molecule has 2 heterocycles. The zero-order valence-electron chi connectivity index (χ0n) is 23.1. The van der Waals surface area contributed by atoms with E-state index in [2.05, 4.69) is 10.1 Å². The molecule has 1 aliphatic rings. The molecule has 0 N–H and O–H groups in total. The van der Waals surface area contributed by atoms with Crippen LogP contribution in [0.3, 0.4) is 0 Å². The van der Waals surface area contributed by atoms with Crippen molar-refractivity contribution in [1.82, 2.24) is 14.6 Å². The Kier molecular flexibility index (Phi) is 8.57. The standard InChI is InChI=1S/C29H24F3N5O7/c1-42-24-14-18(13-23(37(40)41)26(24)44-17-25(38)35-9-11-43-12-10-35)16-33-36-27(19-5-4-6-20(15-19)29(30,31)32)34-22-8-3-2-7-21(22)28(36)39/h2-8,13-16H,9-12,17H2,1H3. The van der Waals surface area contributed by atoms with Crippen LogP contribution < -0.4 is 15.0 Å². The molecule has 1 aromatic heterocycles. The van der Waals surface area contributed by atoms with Crippen molar-refractivity contribution in [3.63, 3.8) is 0 Å². The molecule has 1 fully saturated rings. The maximum atomic E-state index is 13.5. The van der Waals surface area contributed by atoms with E-state index in [4.69, 9.17) is 14.2 Å². The van der Waals surface area contributed by atoms with Gasteiger partial charge in [-0.3, -0.25) is 19.7 Å². The molecule has 1 aliphatic heterocycles. The van der Waals surface area contributed by atoms with Crippen LogP contribution in [0, 0.1) is 10.1 Å². The Morgan fingerprint density at radius 2 is 1.89 bits per heavy atom. The topological polar surface area (TPSA) is 138 Å². The van der Waals surface area contributed by atoms with Crippen LogP contribution in [0.5, 0.6) is 11.5 Å². The number of hydrogen-bond acceptors (Lipinski definition) is 9. The number of ether oxygens (including phenoxy) is 3. The van der Waals surface area contributed by atoms with Crippen LogP contribution >= 0.6 is 0 Å². The summed E-state index contributed by atoms with van der Waals surface area (Å²) in [5, 5.41) is 16.3. The fourth-order valence-electron chi connectivity index (χ4n) is 4.53. The van der Waals surface area contributed by atoms with Crippen molar-refractivity contribution in [3.8, 4) is 22.9 Å². The molecule has 15 heteroatoms. The monoisotopic (exact) mass is 611 g/mol. The number of fused-ring (bicyclic) bond motifs is 1. The lowest BCUT2D eigenvalue weighted by Crippen LogP contribution is -2.43. The minimum absolute atomic E-state index is 0.0305. The SMILES string of the molecule is COc1cc(C=Nn2c(-c3cccc(C(F)(F)F)c3)nc3ccccc3c2=O)cc([N+](=O)[O-])c1OCC(=O)N1CCOCC1. The number of amides is 1. The summed E-state index contributed by atoms with van der Waals surface area (Å²) in [4.78, 5) is 43.1. The normalized spacial score (nSPS) is 13.8. The smallest absolute Gasteiger partial charge is 0.416 e. The number of carbonyl (C=O) groups is 1. The first-order valence-electron chi connectivity index (χ1n) is 13.2. The van der Waals surface area contributed by atoms with Crippen molar-refractivity contribution < 1.29 is 37.1 Å². The lowest BCUT2D eigenvalue weighted by molar-refractivity contribution is -0.385. The predicted octanol–water partition coefficient (Wildman–Crippen LogP) is 4.12. The van der Waals surface area contributed by atoms with Gasteiger partial charge < -0.3 is 19.1 Å². The van der Waals surface area contributed by atoms with Crippen molar-refractivity contribution in [1.29, 1.82) is 0 Å². The molecule has 0 atom stereocenters. The number of alkyl halides is 3. The van der Waals surface area contributed by atoms with E-state index in [9.17, 15) is 32.9 Å². The molecule has 0 unspecified atom stereocenters. The molecule has 0 aliphatic carbocycles. The Morgan fingerprint density at radius 1 is 1.14 bits per heavy atom. The van der Waals surface area contributed by atoms with Crippen molar-refractivity contribution in [2.24, 2.45) is 5.10 Å². The van der Waals surface area contributed by atoms with Gasteiger partial charge in [0, 0.05) is 30.3 Å². The zero-order chi connectivity index (χ0) is 31.4. The van der Waals surface area contributed by atoms with E-state index in [0.717, 1.165) is 29.1 Å². The number of rotatable bonds is 8. The summed E-state index contributed by atoms with van der Waals surface area (Å²) in [6.45, 7) is 0.983. The maximum absolute atomic E-state index is 13.5. The van der Waals surface area contributed by atoms with Gasteiger partial charge in [0.25, 0.3) is 11.5 Å². The zero-order valence-corrected chi connectivity index (χ0v) is 23.1. The van der Waals surface area contributed by atoms with Gasteiger partial charge in [-0.1, -0.05) is 24.3 Å². The number of nitro groups is 1. The molecule has 5 rings (SSSR count). The third-order valence-electron chi connectivity index (χ3n) is 6.70. The highest BCUT2D eigenvalue weighted by Crippen LogP contribution is 2.38. The molecule has 228 valence electrons. The molecule has 0 radical (unpaired) electrons. The lowest BCUT2D eigenvalue weighted by Gasteiger charge is -2.26. The van der Waals surface area contributed by atoms with Gasteiger partial charge in [0.15, 0.2) is 18.2 Å². The summed E-state index contributed by atoms with van der Waals surface area (Å²) in [6, 6.07) is 13.0. The minimum Gasteiger partial charge on any atom is -0.493 e. The van der Waals surface area contributed by atoms with Gasteiger partial charge in [0.05, 0.1) is 47.9 Å². The van der Waals surface area contributed by atoms with Crippen LogP contribution in [0.25, 0.3) is 22.3 Å². The van der Waals surface area contributed by atoms with Crippen LogP contribution in [0.4, 0.5) is 18.9 Å². The average Bonchev–Trinajstić information content (AvgIpc) is 3.03. The highest BCUT2D eigenvalue weighted by molar-refractivity contribution is 5.85. The second kappa shape index (κ2) is 12.5. The Hall–Kier alpha value is -5.31. The van der Waals surface area contributed by atoms with Crippen LogP contribution in [0.15, 0.2) is 70.6 Å². The van der Waals surface area contributed by atoms with Crippen LogP contribution in [0.1, 0.15) is 11.1 Å². The molecular weight excluding hydrogens is 587 g/mol. The number of morpholine rings is 1. The van der Waals surface area contributed by atoms with E-state index in [1.807, 2.05) is 0 Å². The van der Waals surface area contributed by atoms with Gasteiger partial charge in [-0.25, -0.2) is 4.98 Å². The molecule has 1 amide bonds. The molecule has 3 aromatic carbocycles. The lowest BCUT2D eigenvalue weighted by atomic mass is 10.1. The van der Waals surface area contributed by atoms with Gasteiger partial charge in [-0.2, -0.15) is 22.9 Å². The summed E-state index contributed by atoms with van der Waals surface area (Å²) < 4.78 is 57.3. The maximum Gasteiger partial charge on any atom is 0.416 e. The molecule has 0 saturated carbocycles. The fraction of sp³-hybridized carbons (Fsp3) is 0.241. The molecule has 4 aromatic rings. The molecule has 12 nitrogen and oxygen atoms in total. The Labute approximate surface area is 247 Å². The van der Waals surface area contributed by atoms with Gasteiger partial charge in [0.1, 0.15) is 0 Å². The van der Waals surface area contributed by atoms with Crippen molar-refractivity contribution in [2.75, 3.05) is 40.0 Å². The highest BCUT2D eigenvalue weighted by Gasteiger charge is 2.31. The predicted molar refractivity (Wildman–Crippen MR) is 152 cm³/mol. The first-order chi connectivity index (χ1) is 21.1. The van der Waals surface area contributed by atoms with E-state index in [1.54, 1.807) is 18.2 Å². The van der Waals surface area contributed by atoms with E-state index in [1.165, 1.54) is 36.3 Å². The third kappa shape index (κ3) is 6.36. The summed E-state index contributed by atoms with van der Waals surface area (Å²) in [5.41, 5.74) is -1.87. The van der Waals surface area contributed by atoms with Gasteiger partial charge in [-0.15, -0.1) is 0 Å². The third-order valence-corrected chi connectivity index (χ3v) is 6.70. The van der Waals surface area contributed by atoms with Crippen LogP contribution in [0.2, 0.25) is 0 Å². The number of aromatic nitrogens is 2.